The molecule has 0 aromatic rings. The van der Waals surface area contributed by atoms with Crippen molar-refractivity contribution in [1.29, 1.82) is 0 Å². The Bertz CT molecular complexity index is 1610. The molecule has 0 aliphatic carbocycles. The van der Waals surface area contributed by atoms with Gasteiger partial charge in [0.25, 0.3) is 0 Å². The number of carbonyl (C=O) groups is 3. The van der Waals surface area contributed by atoms with Gasteiger partial charge in [-0.1, -0.05) is 323 Å². The van der Waals surface area contributed by atoms with E-state index < -0.39 is 6.10 Å². The fourth-order valence-corrected chi connectivity index (χ4v) is 9.50. The van der Waals surface area contributed by atoms with E-state index in [0.717, 1.165) is 135 Å². The Morgan fingerprint density at radius 3 is 0.762 bits per heavy atom. The molecule has 1 unspecified atom stereocenters. The Balaban J connectivity index is 4.25. The predicted octanol–water partition coefficient (Wildman–Crippen LogP) is 23.4. The smallest absolute Gasteiger partial charge is 0.306 e. The van der Waals surface area contributed by atoms with Gasteiger partial charge in [0.2, 0.25) is 0 Å². The monoisotopic (exact) mass is 1110 g/mol. The highest BCUT2D eigenvalue weighted by atomic mass is 16.6. The molecule has 80 heavy (non-hydrogen) atoms. The SMILES string of the molecule is CC/C=C\C/C=C\C/C=C\C/C=C\C/C=C\C/C=C\C/C=C\C/C=C\C/C=C\CCCCCCCC(=O)OCC(COC(=O)CCCCCCCCCCCC)OC(=O)CCCCCCCCCCCCCCCCCCCCC. The van der Waals surface area contributed by atoms with E-state index in [1.165, 1.54) is 148 Å². The van der Waals surface area contributed by atoms with E-state index in [-0.39, 0.29) is 31.1 Å². The van der Waals surface area contributed by atoms with Crippen molar-refractivity contribution in [2.24, 2.45) is 0 Å². The highest BCUT2D eigenvalue weighted by Crippen LogP contribution is 2.17. The van der Waals surface area contributed by atoms with Gasteiger partial charge in [-0.2, -0.15) is 0 Å². The summed E-state index contributed by atoms with van der Waals surface area (Å²) >= 11 is 0. The van der Waals surface area contributed by atoms with E-state index in [1.54, 1.807) is 0 Å². The van der Waals surface area contributed by atoms with E-state index in [2.05, 4.69) is 130 Å². The third kappa shape index (κ3) is 64.9. The Hall–Kier alpha value is -3.93. The lowest BCUT2D eigenvalue weighted by atomic mass is 10.0. The summed E-state index contributed by atoms with van der Waals surface area (Å²) in [6.45, 7) is 6.53. The molecule has 0 saturated carbocycles. The molecular weight excluding hydrogens is 985 g/mol. The minimum absolute atomic E-state index is 0.0802. The summed E-state index contributed by atoms with van der Waals surface area (Å²) < 4.78 is 16.9. The topological polar surface area (TPSA) is 78.9 Å². The lowest BCUT2D eigenvalue weighted by Crippen LogP contribution is -2.30. The summed E-state index contributed by atoms with van der Waals surface area (Å²) in [6, 6.07) is 0. The van der Waals surface area contributed by atoms with Crippen LogP contribution in [0.5, 0.6) is 0 Å². The lowest BCUT2D eigenvalue weighted by molar-refractivity contribution is -0.167. The summed E-state index contributed by atoms with van der Waals surface area (Å²) in [5.41, 5.74) is 0. The first-order valence-corrected chi connectivity index (χ1v) is 33.9. The third-order valence-corrected chi connectivity index (χ3v) is 14.5. The zero-order valence-electron chi connectivity index (χ0n) is 52.6. The van der Waals surface area contributed by atoms with Gasteiger partial charge in [0.1, 0.15) is 13.2 Å². The minimum atomic E-state index is -0.784. The summed E-state index contributed by atoms with van der Waals surface area (Å²) in [6.07, 6.45) is 92.5. The largest absolute Gasteiger partial charge is 0.462 e. The van der Waals surface area contributed by atoms with Crippen LogP contribution < -0.4 is 0 Å². The highest BCUT2D eigenvalue weighted by molar-refractivity contribution is 5.71. The maximum Gasteiger partial charge on any atom is 0.306 e. The number of ether oxygens (including phenoxy) is 3. The standard InChI is InChI=1S/C74H126O6/c1-4-7-10-13-16-19-22-24-26-28-30-31-32-33-34-35-36-37-38-39-40-41-42-43-45-46-48-50-52-55-58-61-64-67-73(76)79-70-71(69-78-72(75)66-63-60-57-54-21-18-15-12-9-6-3)80-74(77)68-65-62-59-56-53-51-49-47-44-29-27-25-23-20-17-14-11-8-5-2/h7,10,16,19,24,26,30-31,33-34,36-37,39-40,42-43,46,48,71H,4-6,8-9,11-15,17-18,20-23,25,27-29,32,35,38,41,44-45,47,49-70H2,1-3H3/b10-7-,19-16-,26-24-,31-30-,34-33-,37-36-,40-39-,43-42-,48-46-. The van der Waals surface area contributed by atoms with E-state index in [9.17, 15) is 14.4 Å². The molecule has 0 aromatic carbocycles. The molecule has 1 atom stereocenters. The van der Waals surface area contributed by atoms with Crippen LogP contribution in [-0.2, 0) is 28.6 Å². The first-order valence-electron chi connectivity index (χ1n) is 33.9. The van der Waals surface area contributed by atoms with Crippen molar-refractivity contribution < 1.29 is 28.6 Å². The molecule has 0 bridgehead atoms. The van der Waals surface area contributed by atoms with Crippen molar-refractivity contribution in [3.8, 4) is 0 Å². The van der Waals surface area contributed by atoms with Gasteiger partial charge in [0.05, 0.1) is 0 Å². The van der Waals surface area contributed by atoms with Gasteiger partial charge in [-0.15, -0.1) is 0 Å². The maximum absolute atomic E-state index is 12.9. The molecule has 0 saturated heterocycles. The predicted molar refractivity (Wildman–Crippen MR) is 348 cm³/mol. The van der Waals surface area contributed by atoms with Crippen LogP contribution >= 0.6 is 0 Å². The molecule has 0 spiro atoms. The Labute approximate surface area is 495 Å². The maximum atomic E-state index is 12.9. The van der Waals surface area contributed by atoms with Crippen molar-refractivity contribution in [3.63, 3.8) is 0 Å². The van der Waals surface area contributed by atoms with Crippen molar-refractivity contribution in [1.82, 2.24) is 0 Å². The molecule has 0 aliphatic rings. The van der Waals surface area contributed by atoms with Crippen LogP contribution in [0.4, 0.5) is 0 Å². The molecule has 0 aromatic heterocycles. The minimum Gasteiger partial charge on any atom is -0.462 e. The van der Waals surface area contributed by atoms with Gasteiger partial charge >= 0.3 is 17.9 Å². The van der Waals surface area contributed by atoms with Crippen LogP contribution in [0.1, 0.15) is 323 Å². The van der Waals surface area contributed by atoms with Crippen molar-refractivity contribution in [2.45, 2.75) is 329 Å². The van der Waals surface area contributed by atoms with Crippen LogP contribution in [0.3, 0.4) is 0 Å². The van der Waals surface area contributed by atoms with Gasteiger partial charge in [0, 0.05) is 19.3 Å². The second-order valence-corrected chi connectivity index (χ2v) is 22.4. The summed E-state index contributed by atoms with van der Waals surface area (Å²) in [5.74, 6) is -0.889. The van der Waals surface area contributed by atoms with E-state index in [4.69, 9.17) is 14.2 Å². The molecule has 6 heteroatoms. The molecule has 0 rings (SSSR count). The molecule has 0 N–H and O–H groups in total. The molecule has 458 valence electrons. The van der Waals surface area contributed by atoms with Crippen LogP contribution in [0.15, 0.2) is 109 Å². The second-order valence-electron chi connectivity index (χ2n) is 22.4. The van der Waals surface area contributed by atoms with E-state index >= 15 is 0 Å². The quantitative estimate of drug-likeness (QED) is 0.0261. The highest BCUT2D eigenvalue weighted by Gasteiger charge is 2.19. The zero-order chi connectivity index (χ0) is 57.8. The third-order valence-electron chi connectivity index (χ3n) is 14.5. The number of hydrogen-bond donors (Lipinski definition) is 0. The van der Waals surface area contributed by atoms with E-state index in [1.807, 2.05) is 0 Å². The number of esters is 3. The molecule has 0 aliphatic heterocycles. The summed E-state index contributed by atoms with van der Waals surface area (Å²) in [4.78, 5) is 38.3. The van der Waals surface area contributed by atoms with Crippen molar-refractivity contribution in [3.05, 3.63) is 109 Å². The van der Waals surface area contributed by atoms with Crippen molar-refractivity contribution in [2.75, 3.05) is 13.2 Å². The normalized spacial score (nSPS) is 12.8. The molecule has 6 nitrogen and oxygen atoms in total. The van der Waals surface area contributed by atoms with Crippen molar-refractivity contribution >= 4 is 17.9 Å². The van der Waals surface area contributed by atoms with Gasteiger partial charge in [0.15, 0.2) is 6.10 Å². The lowest BCUT2D eigenvalue weighted by Gasteiger charge is -2.18. The van der Waals surface area contributed by atoms with Crippen LogP contribution in [-0.4, -0.2) is 37.2 Å². The average molecular weight is 1110 g/mol. The second kappa shape index (κ2) is 67.6. The van der Waals surface area contributed by atoms with Crippen LogP contribution in [0.25, 0.3) is 0 Å². The first kappa shape index (κ1) is 76.1. The fourth-order valence-electron chi connectivity index (χ4n) is 9.50. The molecule has 0 radical (unpaired) electrons. The molecule has 0 fully saturated rings. The number of hydrogen-bond acceptors (Lipinski definition) is 6. The Kier molecular flexibility index (Phi) is 64.3. The summed E-state index contributed by atoms with van der Waals surface area (Å²) in [5, 5.41) is 0. The number of rotatable bonds is 61. The molecular formula is C74H126O6. The van der Waals surface area contributed by atoms with E-state index in [0.29, 0.717) is 19.3 Å². The zero-order valence-corrected chi connectivity index (χ0v) is 52.6. The van der Waals surface area contributed by atoms with Crippen LogP contribution in [0, 0.1) is 0 Å². The average Bonchev–Trinajstić information content (AvgIpc) is 3.46. The van der Waals surface area contributed by atoms with Gasteiger partial charge < -0.3 is 14.2 Å². The van der Waals surface area contributed by atoms with Gasteiger partial charge in [-0.3, -0.25) is 14.4 Å². The summed E-state index contributed by atoms with van der Waals surface area (Å²) in [7, 11) is 0. The number of carbonyl (C=O) groups excluding carboxylic acids is 3. The van der Waals surface area contributed by atoms with Gasteiger partial charge in [-0.05, 0) is 89.9 Å². The Morgan fingerprint density at radius 2 is 0.487 bits per heavy atom. The molecule has 0 amide bonds. The van der Waals surface area contributed by atoms with Crippen LogP contribution in [0.2, 0.25) is 0 Å². The molecule has 0 heterocycles. The number of allylic oxidation sites excluding steroid dienone is 18. The number of unbranched alkanes of at least 4 members (excludes halogenated alkanes) is 32. The fraction of sp³-hybridized carbons (Fsp3) is 0.716. The first-order chi connectivity index (χ1) is 39.5. The van der Waals surface area contributed by atoms with Gasteiger partial charge in [-0.25, -0.2) is 0 Å². The Morgan fingerprint density at radius 1 is 0.263 bits per heavy atom.